The van der Waals surface area contributed by atoms with Crippen molar-refractivity contribution >= 4 is 6.08 Å². The van der Waals surface area contributed by atoms with Gasteiger partial charge in [0.05, 0.1) is 0 Å². The van der Waals surface area contributed by atoms with Crippen LogP contribution in [0.4, 0.5) is 6.18 Å². The van der Waals surface area contributed by atoms with Crippen molar-refractivity contribution in [1.29, 1.82) is 0 Å². The molecule has 0 atom stereocenters. The van der Waals surface area contributed by atoms with Crippen molar-refractivity contribution in [2.24, 2.45) is 0 Å². The topological polar surface area (TPSA) is 0 Å². The molecule has 0 heterocycles. The fourth-order valence-electron chi connectivity index (χ4n) is 1.52. The molecule has 2 rings (SSSR count). The summed E-state index contributed by atoms with van der Waals surface area (Å²) in [5.41, 5.74) is 2.78. The van der Waals surface area contributed by atoms with Crippen LogP contribution in [0, 0.1) is 5.92 Å². The summed E-state index contributed by atoms with van der Waals surface area (Å²) in [5, 5.41) is 0. The van der Waals surface area contributed by atoms with Gasteiger partial charge in [-0.05, 0) is 17.5 Å². The molecule has 73 valence electrons. The SMILES string of the molecule is CC[C]1C=Cc2ccccc21.[F][Ti][F]. The Hall–Kier alpha value is -0.466. The fourth-order valence-corrected chi connectivity index (χ4v) is 1.52. The number of hydrogen-bond acceptors (Lipinski definition) is 0. The monoisotopic (exact) mass is 229 g/mol. The minimum absolute atomic E-state index is 1.13. The Labute approximate surface area is 93.3 Å². The second kappa shape index (κ2) is 6.10. The fraction of sp³-hybridized carbons (Fsp3) is 0.182. The maximum absolute atomic E-state index is 9.75. The van der Waals surface area contributed by atoms with Crippen LogP contribution in [-0.2, 0) is 20.2 Å². The molecular formula is C11H11F2Ti. The van der Waals surface area contributed by atoms with Gasteiger partial charge < -0.3 is 0 Å². The van der Waals surface area contributed by atoms with Gasteiger partial charge in [-0.25, -0.2) is 0 Å². The molecule has 1 aromatic carbocycles. The first-order valence-corrected chi connectivity index (χ1v) is 5.61. The first-order chi connectivity index (χ1) is 6.83. The second-order valence-corrected chi connectivity index (χ2v) is 3.09. The van der Waals surface area contributed by atoms with E-state index in [2.05, 4.69) is 43.3 Å². The quantitative estimate of drug-likeness (QED) is 0.641. The molecule has 14 heavy (non-hydrogen) atoms. The van der Waals surface area contributed by atoms with E-state index in [-0.39, 0.29) is 0 Å². The van der Waals surface area contributed by atoms with Crippen molar-refractivity contribution in [3.8, 4) is 0 Å². The zero-order chi connectivity index (χ0) is 10.4. The van der Waals surface area contributed by atoms with E-state index in [0.29, 0.717) is 0 Å². The van der Waals surface area contributed by atoms with Crippen LogP contribution in [0.2, 0.25) is 0 Å². The summed E-state index contributed by atoms with van der Waals surface area (Å²) in [6.07, 6.45) is 5.53. The molecule has 3 heteroatoms. The van der Waals surface area contributed by atoms with Gasteiger partial charge in [0, 0.05) is 5.92 Å². The summed E-state index contributed by atoms with van der Waals surface area (Å²) in [4.78, 5) is 0. The summed E-state index contributed by atoms with van der Waals surface area (Å²) in [5.74, 6) is 1.46. The third-order valence-electron chi connectivity index (χ3n) is 2.15. The molecule has 0 saturated heterocycles. The van der Waals surface area contributed by atoms with Gasteiger partial charge in [-0.1, -0.05) is 43.3 Å². The van der Waals surface area contributed by atoms with Crippen molar-refractivity contribution in [2.75, 3.05) is 0 Å². The van der Waals surface area contributed by atoms with Crippen molar-refractivity contribution in [3.05, 3.63) is 47.4 Å². The van der Waals surface area contributed by atoms with Crippen LogP contribution in [0.5, 0.6) is 0 Å². The van der Waals surface area contributed by atoms with E-state index in [9.17, 15) is 6.18 Å². The van der Waals surface area contributed by atoms with Gasteiger partial charge in [0.2, 0.25) is 0 Å². The number of benzene rings is 1. The van der Waals surface area contributed by atoms with E-state index in [4.69, 9.17) is 0 Å². The zero-order valence-electron chi connectivity index (χ0n) is 7.93. The van der Waals surface area contributed by atoms with Crippen molar-refractivity contribution in [1.82, 2.24) is 0 Å². The molecule has 0 unspecified atom stereocenters. The average molecular weight is 229 g/mol. The van der Waals surface area contributed by atoms with Crippen LogP contribution >= 0.6 is 0 Å². The molecule has 0 N–H and O–H groups in total. The van der Waals surface area contributed by atoms with Crippen LogP contribution in [0.1, 0.15) is 24.5 Å². The predicted molar refractivity (Wildman–Crippen MR) is 50.3 cm³/mol. The van der Waals surface area contributed by atoms with Gasteiger partial charge in [0.1, 0.15) is 0 Å². The molecule has 0 bridgehead atoms. The van der Waals surface area contributed by atoms with E-state index in [1.165, 1.54) is 17.0 Å². The summed E-state index contributed by atoms with van der Waals surface area (Å²) < 4.78 is 19.5. The Balaban J connectivity index is 0.000000293. The van der Waals surface area contributed by atoms with Crippen molar-refractivity contribution in [2.45, 2.75) is 13.3 Å². The van der Waals surface area contributed by atoms with Crippen LogP contribution in [0.15, 0.2) is 30.3 Å². The average Bonchev–Trinajstić information content (AvgIpc) is 2.62. The molecule has 0 aromatic heterocycles. The minimum atomic E-state index is -2.50. The Morgan fingerprint density at radius 3 is 2.43 bits per heavy atom. The van der Waals surface area contributed by atoms with Gasteiger partial charge in [-0.15, -0.1) is 0 Å². The molecule has 1 aliphatic rings. The molecule has 0 spiro atoms. The normalized spacial score (nSPS) is 13.1. The standard InChI is InChI=1S/C11H11.2FH.Ti/c1-2-9-7-8-10-5-3-4-6-11(9)10;;;/h3-8H,2H2,1H3;2*1H;/q;;;+2/p-2. The second-order valence-electron chi connectivity index (χ2n) is 2.87. The van der Waals surface area contributed by atoms with E-state index >= 15 is 0 Å². The molecule has 0 aliphatic heterocycles. The summed E-state index contributed by atoms with van der Waals surface area (Å²) >= 11 is -2.50. The molecule has 0 saturated carbocycles. The van der Waals surface area contributed by atoms with Gasteiger partial charge in [-0.2, -0.15) is 0 Å². The summed E-state index contributed by atoms with van der Waals surface area (Å²) in [6, 6.07) is 8.53. The zero-order valence-corrected chi connectivity index (χ0v) is 9.49. The van der Waals surface area contributed by atoms with E-state index < -0.39 is 20.2 Å². The Bertz CT molecular complexity index is 310. The first kappa shape index (κ1) is 11.6. The Kier molecular flexibility index (Phi) is 5.06. The van der Waals surface area contributed by atoms with Gasteiger partial charge in [0.15, 0.2) is 0 Å². The molecule has 0 fully saturated rings. The van der Waals surface area contributed by atoms with E-state index in [1.54, 1.807) is 0 Å². The Morgan fingerprint density at radius 1 is 1.14 bits per heavy atom. The number of allylic oxidation sites excluding steroid dienone is 1. The van der Waals surface area contributed by atoms with E-state index in [0.717, 1.165) is 6.42 Å². The molecule has 0 amide bonds. The predicted octanol–water partition coefficient (Wildman–Crippen LogP) is 3.88. The number of hydrogen-bond donors (Lipinski definition) is 0. The van der Waals surface area contributed by atoms with Gasteiger partial charge >= 0.3 is 26.4 Å². The maximum atomic E-state index is 9.75. The molecular weight excluding hydrogens is 218 g/mol. The third-order valence-corrected chi connectivity index (χ3v) is 2.15. The number of halogens is 2. The summed E-state index contributed by atoms with van der Waals surface area (Å²) in [6.45, 7) is 2.20. The van der Waals surface area contributed by atoms with Crippen molar-refractivity contribution in [3.63, 3.8) is 0 Å². The first-order valence-electron chi connectivity index (χ1n) is 4.43. The molecule has 1 aliphatic carbocycles. The van der Waals surface area contributed by atoms with Gasteiger partial charge in [0.25, 0.3) is 0 Å². The van der Waals surface area contributed by atoms with Crippen LogP contribution in [0.3, 0.4) is 0 Å². The van der Waals surface area contributed by atoms with Crippen LogP contribution in [0.25, 0.3) is 6.08 Å². The number of fused-ring (bicyclic) bond motifs is 1. The Morgan fingerprint density at radius 2 is 1.79 bits per heavy atom. The molecule has 0 nitrogen and oxygen atoms in total. The number of rotatable bonds is 1. The van der Waals surface area contributed by atoms with Gasteiger partial charge in [-0.3, -0.25) is 0 Å². The van der Waals surface area contributed by atoms with Crippen molar-refractivity contribution < 1.29 is 26.4 Å². The van der Waals surface area contributed by atoms with Crippen LogP contribution < -0.4 is 0 Å². The molecule has 1 radical (unpaired) electrons. The summed E-state index contributed by atoms with van der Waals surface area (Å²) in [7, 11) is 0. The third kappa shape index (κ3) is 2.76. The van der Waals surface area contributed by atoms with Crippen LogP contribution in [-0.4, -0.2) is 0 Å². The molecule has 1 aromatic rings. The van der Waals surface area contributed by atoms with E-state index in [1.807, 2.05) is 0 Å².